The number of aliphatic carboxylic acids is 1. The summed E-state index contributed by atoms with van der Waals surface area (Å²) in [6.07, 6.45) is -0.299. The fraction of sp³-hybridized carbons (Fsp3) is 0.320. The molecule has 2 heterocycles. The molecule has 1 saturated heterocycles. The first-order chi connectivity index (χ1) is 16.3. The maximum absolute atomic E-state index is 14.5. The second-order valence-corrected chi connectivity index (χ2v) is 8.80. The van der Waals surface area contributed by atoms with Crippen LogP contribution in [0, 0.1) is 18.2 Å². The van der Waals surface area contributed by atoms with Crippen molar-refractivity contribution in [2.75, 3.05) is 19.8 Å². The van der Waals surface area contributed by atoms with Crippen LogP contribution in [0.1, 0.15) is 41.0 Å². The van der Waals surface area contributed by atoms with E-state index < -0.39 is 23.7 Å². The summed E-state index contributed by atoms with van der Waals surface area (Å²) in [5, 5.41) is 16.4. The maximum atomic E-state index is 14.5. The maximum Gasteiger partial charge on any atom is 0.305 e. The molecule has 2 aromatic carbocycles. The molecule has 1 aliphatic heterocycles. The second-order valence-electron chi connectivity index (χ2n) is 8.80. The van der Waals surface area contributed by atoms with Crippen LogP contribution in [0.5, 0.6) is 5.88 Å². The SMILES string of the molecule is Cc1ccccc1C(CC(=O)O)NC(=O)c1cc(OCC2(C)COC2)n(-c2ccccc2F)n1. The van der Waals surface area contributed by atoms with Crippen molar-refractivity contribution in [1.29, 1.82) is 0 Å². The first-order valence-corrected chi connectivity index (χ1v) is 10.9. The molecule has 3 aromatic rings. The number of hydrogen-bond donors (Lipinski definition) is 2. The van der Waals surface area contributed by atoms with Gasteiger partial charge in [-0.25, -0.2) is 4.39 Å². The van der Waals surface area contributed by atoms with Crippen molar-refractivity contribution < 1.29 is 28.6 Å². The number of amides is 1. The number of aromatic nitrogens is 2. The highest BCUT2D eigenvalue weighted by Gasteiger charge is 2.35. The van der Waals surface area contributed by atoms with Crippen molar-refractivity contribution in [3.63, 3.8) is 0 Å². The van der Waals surface area contributed by atoms with Gasteiger partial charge in [0.15, 0.2) is 5.69 Å². The number of hydrogen-bond acceptors (Lipinski definition) is 5. The standard InChI is InChI=1S/C25H26FN3O5/c1-16-7-3-4-8-17(16)19(12-23(30)31)27-24(32)20-11-22(34-15-25(2)13-33-14-25)29(28-20)21-10-6-5-9-18(21)26/h3-11,19H,12-15H2,1-2H3,(H,27,32)(H,30,31). The van der Waals surface area contributed by atoms with Crippen molar-refractivity contribution in [1.82, 2.24) is 15.1 Å². The van der Waals surface area contributed by atoms with E-state index >= 15 is 0 Å². The summed E-state index contributed by atoms with van der Waals surface area (Å²) in [4.78, 5) is 24.6. The molecule has 8 nitrogen and oxygen atoms in total. The number of para-hydroxylation sites is 1. The summed E-state index contributed by atoms with van der Waals surface area (Å²) in [7, 11) is 0. The lowest BCUT2D eigenvalue weighted by Crippen LogP contribution is -2.44. The Bertz CT molecular complexity index is 1200. The Hall–Kier alpha value is -3.72. The van der Waals surface area contributed by atoms with Crippen LogP contribution in [0.3, 0.4) is 0 Å². The summed E-state index contributed by atoms with van der Waals surface area (Å²) in [6.45, 7) is 5.24. The molecule has 2 N–H and O–H groups in total. The van der Waals surface area contributed by atoms with E-state index in [9.17, 15) is 19.1 Å². The highest BCUT2D eigenvalue weighted by atomic mass is 19.1. The number of halogens is 1. The van der Waals surface area contributed by atoms with Gasteiger partial charge in [-0.1, -0.05) is 43.3 Å². The number of carboxylic acid groups (broad SMARTS) is 1. The lowest BCUT2D eigenvalue weighted by molar-refractivity contribution is -0.137. The van der Waals surface area contributed by atoms with E-state index in [0.717, 1.165) is 5.56 Å². The molecule has 0 spiro atoms. The Labute approximate surface area is 196 Å². The van der Waals surface area contributed by atoms with Crippen LogP contribution < -0.4 is 10.1 Å². The van der Waals surface area contributed by atoms with Crippen LogP contribution in [0.15, 0.2) is 54.6 Å². The van der Waals surface area contributed by atoms with E-state index in [0.29, 0.717) is 25.4 Å². The highest BCUT2D eigenvalue weighted by molar-refractivity contribution is 5.93. The summed E-state index contributed by atoms with van der Waals surface area (Å²) in [5.74, 6) is -1.96. The minimum atomic E-state index is -1.05. The summed E-state index contributed by atoms with van der Waals surface area (Å²) < 4.78 is 27.0. The van der Waals surface area contributed by atoms with Crippen LogP contribution >= 0.6 is 0 Å². The number of benzene rings is 2. The number of nitrogens with zero attached hydrogens (tertiary/aromatic N) is 2. The van der Waals surface area contributed by atoms with Gasteiger partial charge in [0.1, 0.15) is 11.5 Å². The molecule has 178 valence electrons. The molecule has 0 bridgehead atoms. The quantitative estimate of drug-likeness (QED) is 0.498. The zero-order valence-electron chi connectivity index (χ0n) is 19.0. The van der Waals surface area contributed by atoms with E-state index in [1.807, 2.05) is 26.0 Å². The van der Waals surface area contributed by atoms with Crippen LogP contribution in [-0.2, 0) is 9.53 Å². The number of aryl methyl sites for hydroxylation is 1. The molecule has 9 heteroatoms. The highest BCUT2D eigenvalue weighted by Crippen LogP contribution is 2.29. The zero-order chi connectivity index (χ0) is 24.3. The Kier molecular flexibility index (Phi) is 6.65. The monoisotopic (exact) mass is 467 g/mol. The van der Waals surface area contributed by atoms with Crippen LogP contribution in [0.2, 0.25) is 0 Å². The van der Waals surface area contributed by atoms with Crippen molar-refractivity contribution in [3.8, 4) is 11.6 Å². The molecule has 1 amide bonds. The molecule has 1 unspecified atom stereocenters. The van der Waals surface area contributed by atoms with E-state index in [2.05, 4.69) is 10.4 Å². The zero-order valence-corrected chi connectivity index (χ0v) is 19.0. The van der Waals surface area contributed by atoms with E-state index in [1.165, 1.54) is 22.9 Å². The van der Waals surface area contributed by atoms with Gasteiger partial charge in [-0.15, -0.1) is 0 Å². The number of carbonyl (C=O) groups excluding carboxylic acids is 1. The second kappa shape index (κ2) is 9.64. The summed E-state index contributed by atoms with van der Waals surface area (Å²) in [6, 6.07) is 14.0. The minimum absolute atomic E-state index is 0.0164. The van der Waals surface area contributed by atoms with Gasteiger partial charge < -0.3 is 19.9 Å². The number of rotatable bonds is 9. The third kappa shape index (κ3) is 5.09. The first kappa shape index (κ1) is 23.4. The predicted octanol–water partition coefficient (Wildman–Crippen LogP) is 3.68. The number of nitrogens with one attached hydrogen (secondary N) is 1. The third-order valence-electron chi connectivity index (χ3n) is 5.71. The molecule has 0 saturated carbocycles. The Morgan fingerprint density at radius 3 is 2.59 bits per heavy atom. The summed E-state index contributed by atoms with van der Waals surface area (Å²) >= 11 is 0. The topological polar surface area (TPSA) is 103 Å². The molecule has 0 aliphatic carbocycles. The van der Waals surface area contributed by atoms with E-state index in [1.54, 1.807) is 24.3 Å². The third-order valence-corrected chi connectivity index (χ3v) is 5.71. The Morgan fingerprint density at radius 1 is 1.24 bits per heavy atom. The normalized spacial score (nSPS) is 15.3. The van der Waals surface area contributed by atoms with Gasteiger partial charge in [-0.3, -0.25) is 9.59 Å². The van der Waals surface area contributed by atoms with Crippen molar-refractivity contribution in [3.05, 3.63) is 77.2 Å². The van der Waals surface area contributed by atoms with Gasteiger partial charge in [-0.05, 0) is 30.2 Å². The number of carbonyl (C=O) groups is 2. The van der Waals surface area contributed by atoms with Gasteiger partial charge in [0.2, 0.25) is 5.88 Å². The van der Waals surface area contributed by atoms with Gasteiger partial charge in [0, 0.05) is 11.5 Å². The van der Waals surface area contributed by atoms with E-state index in [4.69, 9.17) is 9.47 Å². The van der Waals surface area contributed by atoms with Crippen LogP contribution in [0.4, 0.5) is 4.39 Å². The first-order valence-electron chi connectivity index (χ1n) is 10.9. The Morgan fingerprint density at radius 2 is 1.94 bits per heavy atom. The van der Waals surface area contributed by atoms with Crippen molar-refractivity contribution >= 4 is 11.9 Å². The average molecular weight is 467 g/mol. The van der Waals surface area contributed by atoms with Gasteiger partial charge in [0.25, 0.3) is 5.91 Å². The van der Waals surface area contributed by atoms with E-state index in [-0.39, 0.29) is 29.1 Å². The van der Waals surface area contributed by atoms with Crippen LogP contribution in [-0.4, -0.2) is 46.6 Å². The lowest BCUT2D eigenvalue weighted by Gasteiger charge is -2.37. The molecular formula is C25H26FN3O5. The van der Waals surface area contributed by atoms with Gasteiger partial charge >= 0.3 is 5.97 Å². The fourth-order valence-electron chi connectivity index (χ4n) is 3.78. The molecule has 1 aromatic heterocycles. The van der Waals surface area contributed by atoms with Gasteiger partial charge in [0.05, 0.1) is 32.3 Å². The average Bonchev–Trinajstić information content (AvgIpc) is 3.20. The number of ether oxygens (including phenoxy) is 2. The van der Waals surface area contributed by atoms with Gasteiger partial charge in [-0.2, -0.15) is 9.78 Å². The van der Waals surface area contributed by atoms with Crippen LogP contribution in [0.25, 0.3) is 5.69 Å². The van der Waals surface area contributed by atoms with Crippen molar-refractivity contribution in [2.24, 2.45) is 5.41 Å². The molecule has 1 atom stereocenters. The largest absolute Gasteiger partial charge is 0.481 e. The molecular weight excluding hydrogens is 441 g/mol. The summed E-state index contributed by atoms with van der Waals surface area (Å²) in [5.41, 5.74) is 1.49. The van der Waals surface area contributed by atoms with Crippen molar-refractivity contribution in [2.45, 2.75) is 26.3 Å². The smallest absolute Gasteiger partial charge is 0.305 e. The fourth-order valence-corrected chi connectivity index (χ4v) is 3.78. The lowest BCUT2D eigenvalue weighted by atomic mass is 9.90. The molecule has 0 radical (unpaired) electrons. The predicted molar refractivity (Wildman–Crippen MR) is 122 cm³/mol. The molecule has 1 aliphatic rings. The minimum Gasteiger partial charge on any atom is -0.481 e. The molecule has 1 fully saturated rings. The molecule has 34 heavy (non-hydrogen) atoms. The number of carboxylic acids is 1. The Balaban J connectivity index is 1.63. The molecule has 4 rings (SSSR count).